The summed E-state index contributed by atoms with van der Waals surface area (Å²) in [6.45, 7) is 0. The maximum atomic E-state index is 5.19. The summed E-state index contributed by atoms with van der Waals surface area (Å²) in [6, 6.07) is 11.1. The molecule has 1 heterocycles. The van der Waals surface area contributed by atoms with Crippen LogP contribution in [0.3, 0.4) is 0 Å². The van der Waals surface area contributed by atoms with Crippen molar-refractivity contribution in [1.29, 1.82) is 0 Å². The van der Waals surface area contributed by atoms with Gasteiger partial charge in [-0.05, 0) is 37.2 Å². The molecule has 4 heteroatoms. The minimum Gasteiger partial charge on any atom is -0.399 e. The van der Waals surface area contributed by atoms with Gasteiger partial charge in [-0.15, -0.1) is 0 Å². The molecular weight excluding hydrogens is 358 g/mol. The molecule has 1 unspecified atom stereocenters. The number of allylic oxidation sites excluding steroid dienone is 1. The number of aromatic nitrogens is 2. The van der Waals surface area contributed by atoms with Crippen LogP contribution in [-0.2, 0) is 16.7 Å². The molecular formula is C25H31N3O. The van der Waals surface area contributed by atoms with E-state index in [-0.39, 0.29) is 5.41 Å². The molecule has 4 nitrogen and oxygen atoms in total. The Morgan fingerprint density at radius 2 is 1.86 bits per heavy atom. The molecule has 152 valence electrons. The highest BCUT2D eigenvalue weighted by Crippen LogP contribution is 2.47. The van der Waals surface area contributed by atoms with E-state index in [1.165, 1.54) is 68.2 Å². The van der Waals surface area contributed by atoms with Crippen LogP contribution in [-0.4, -0.2) is 23.0 Å². The van der Waals surface area contributed by atoms with Crippen molar-refractivity contribution in [2.24, 2.45) is 17.0 Å². The van der Waals surface area contributed by atoms with Crippen LogP contribution in [0.25, 0.3) is 6.08 Å². The van der Waals surface area contributed by atoms with Crippen LogP contribution in [0.5, 0.6) is 0 Å². The highest BCUT2D eigenvalue weighted by molar-refractivity contribution is 6.04. The van der Waals surface area contributed by atoms with Crippen molar-refractivity contribution in [2.75, 3.05) is 7.11 Å². The number of benzene rings is 1. The second-order valence-corrected chi connectivity index (χ2v) is 9.00. The number of hydrogen-bond acceptors (Lipinski definition) is 3. The summed E-state index contributed by atoms with van der Waals surface area (Å²) in [5.74, 6) is 1.17. The lowest BCUT2D eigenvalue weighted by atomic mass is 9.61. The van der Waals surface area contributed by atoms with E-state index >= 15 is 0 Å². The van der Waals surface area contributed by atoms with Gasteiger partial charge < -0.3 is 4.84 Å². The lowest BCUT2D eigenvalue weighted by molar-refractivity contribution is 0.208. The Morgan fingerprint density at radius 1 is 1.07 bits per heavy atom. The first-order valence-corrected chi connectivity index (χ1v) is 11.3. The van der Waals surface area contributed by atoms with E-state index < -0.39 is 0 Å². The summed E-state index contributed by atoms with van der Waals surface area (Å²) in [5.41, 5.74) is 5.98. The first-order chi connectivity index (χ1) is 14.3. The number of H-pyrrole nitrogens is 1. The van der Waals surface area contributed by atoms with Crippen molar-refractivity contribution < 1.29 is 4.84 Å². The zero-order valence-electron chi connectivity index (χ0n) is 17.4. The molecule has 3 aliphatic carbocycles. The maximum absolute atomic E-state index is 5.19. The number of hydrogen-bond donors (Lipinski definition) is 1. The third kappa shape index (κ3) is 3.23. The molecule has 0 bridgehead atoms. The quantitative estimate of drug-likeness (QED) is 0.531. The topological polar surface area (TPSA) is 50.3 Å². The number of oxime groups is 1. The van der Waals surface area contributed by atoms with Gasteiger partial charge in [0.1, 0.15) is 18.5 Å². The van der Waals surface area contributed by atoms with Gasteiger partial charge in [0.05, 0.1) is 0 Å². The van der Waals surface area contributed by atoms with Gasteiger partial charge >= 0.3 is 0 Å². The van der Waals surface area contributed by atoms with Crippen molar-refractivity contribution in [3.05, 3.63) is 58.9 Å². The fraction of sp³-hybridized carbons (Fsp3) is 0.520. The Labute approximate surface area is 173 Å². The summed E-state index contributed by atoms with van der Waals surface area (Å²) < 4.78 is 0. The molecule has 1 aromatic heterocycles. The van der Waals surface area contributed by atoms with Crippen molar-refractivity contribution in [1.82, 2.24) is 10.2 Å². The Balaban J connectivity index is 1.54. The Hall–Kier alpha value is -2.36. The third-order valence-electron chi connectivity index (χ3n) is 7.47. The number of rotatable bonds is 5. The van der Waals surface area contributed by atoms with Crippen LogP contribution in [0.15, 0.2) is 41.6 Å². The summed E-state index contributed by atoms with van der Waals surface area (Å²) in [7, 11) is 1.64. The van der Waals surface area contributed by atoms with Crippen LogP contribution < -0.4 is 0 Å². The Morgan fingerprint density at radius 3 is 2.55 bits per heavy atom. The summed E-state index contributed by atoms with van der Waals surface area (Å²) in [5, 5.41) is 12.5. The molecule has 2 saturated carbocycles. The van der Waals surface area contributed by atoms with Gasteiger partial charge in [-0.3, -0.25) is 5.10 Å². The molecule has 0 spiro atoms. The van der Waals surface area contributed by atoms with Gasteiger partial charge in [-0.25, -0.2) is 0 Å². The second-order valence-electron chi connectivity index (χ2n) is 9.00. The molecule has 0 aliphatic heterocycles. The Bertz CT molecular complexity index is 903. The smallest absolute Gasteiger partial charge is 0.117 e. The van der Waals surface area contributed by atoms with Gasteiger partial charge in [0.25, 0.3) is 0 Å². The molecule has 5 rings (SSSR count). The van der Waals surface area contributed by atoms with Gasteiger partial charge in [0.15, 0.2) is 0 Å². The Kier molecular flexibility index (Phi) is 5.03. The fourth-order valence-electron chi connectivity index (χ4n) is 5.65. The highest BCUT2D eigenvalue weighted by Gasteiger charge is 2.42. The van der Waals surface area contributed by atoms with Crippen LogP contribution in [0.4, 0.5) is 0 Å². The second kappa shape index (κ2) is 7.81. The zero-order chi connectivity index (χ0) is 19.7. The maximum Gasteiger partial charge on any atom is 0.117 e. The molecule has 0 amide bonds. The van der Waals surface area contributed by atoms with Crippen molar-refractivity contribution in [3.63, 3.8) is 0 Å². The lowest BCUT2D eigenvalue weighted by Gasteiger charge is -2.43. The highest BCUT2D eigenvalue weighted by atomic mass is 16.6. The monoisotopic (exact) mass is 389 g/mol. The van der Waals surface area contributed by atoms with Crippen LogP contribution in [0, 0.1) is 11.8 Å². The summed E-state index contributed by atoms with van der Waals surface area (Å²) in [6.07, 6.45) is 16.1. The average molecular weight is 390 g/mol. The third-order valence-corrected chi connectivity index (χ3v) is 7.47. The van der Waals surface area contributed by atoms with E-state index in [1.54, 1.807) is 7.11 Å². The van der Waals surface area contributed by atoms with Gasteiger partial charge in [-0.2, -0.15) is 5.10 Å². The molecule has 29 heavy (non-hydrogen) atoms. The van der Waals surface area contributed by atoms with E-state index in [1.807, 2.05) is 0 Å². The molecule has 1 atom stereocenters. The van der Waals surface area contributed by atoms with E-state index in [2.05, 4.69) is 52.7 Å². The minimum atomic E-state index is 0.0630. The lowest BCUT2D eigenvalue weighted by Crippen LogP contribution is -2.38. The van der Waals surface area contributed by atoms with E-state index in [9.17, 15) is 0 Å². The predicted molar refractivity (Wildman–Crippen MR) is 117 cm³/mol. The van der Waals surface area contributed by atoms with E-state index in [0.717, 1.165) is 17.8 Å². The summed E-state index contributed by atoms with van der Waals surface area (Å²) in [4.78, 5) is 5.19. The molecule has 0 saturated heterocycles. The van der Waals surface area contributed by atoms with Crippen LogP contribution >= 0.6 is 0 Å². The van der Waals surface area contributed by atoms with Crippen molar-refractivity contribution in [3.8, 4) is 0 Å². The SMILES string of the molecule is CON=C(c1n[nH]c2c1C=CC(c1ccccc1)(C1CCCCC1)C2)C1CCC1. The van der Waals surface area contributed by atoms with Crippen molar-refractivity contribution >= 4 is 11.8 Å². The van der Waals surface area contributed by atoms with E-state index in [0.29, 0.717) is 11.8 Å². The zero-order valence-corrected chi connectivity index (χ0v) is 17.4. The summed E-state index contributed by atoms with van der Waals surface area (Å²) >= 11 is 0. The standard InChI is InChI=1S/C25H31N3O/c1-29-28-23(18-9-8-10-18)24-21-15-16-25(17-22(21)26-27-24,19-11-4-2-5-12-19)20-13-6-3-7-14-20/h2,4-5,11-12,15-16,18,20H,3,6-10,13-14,17H2,1H3,(H,26,27). The largest absolute Gasteiger partial charge is 0.399 e. The van der Waals surface area contributed by atoms with E-state index in [4.69, 9.17) is 9.94 Å². The molecule has 2 fully saturated rings. The van der Waals surface area contributed by atoms with Gasteiger partial charge in [-0.1, -0.05) is 73.3 Å². The van der Waals surface area contributed by atoms with Gasteiger partial charge in [0.2, 0.25) is 0 Å². The molecule has 3 aliphatic rings. The molecule has 1 aromatic carbocycles. The van der Waals surface area contributed by atoms with Crippen LogP contribution in [0.2, 0.25) is 0 Å². The number of nitrogens with one attached hydrogen (secondary N) is 1. The molecule has 0 radical (unpaired) electrons. The molecule has 2 aromatic rings. The average Bonchev–Trinajstić information content (AvgIpc) is 3.16. The van der Waals surface area contributed by atoms with Crippen LogP contribution in [0.1, 0.15) is 73.9 Å². The number of fused-ring (bicyclic) bond motifs is 1. The molecule has 1 N–H and O–H groups in total. The first-order valence-electron chi connectivity index (χ1n) is 11.3. The fourth-order valence-corrected chi connectivity index (χ4v) is 5.65. The normalized spacial score (nSPS) is 25.5. The van der Waals surface area contributed by atoms with Crippen molar-refractivity contribution in [2.45, 2.75) is 63.2 Å². The first kappa shape index (κ1) is 18.7. The predicted octanol–water partition coefficient (Wildman–Crippen LogP) is 5.65. The minimum absolute atomic E-state index is 0.0630. The van der Waals surface area contributed by atoms with Gasteiger partial charge in [0, 0.05) is 29.0 Å². The number of nitrogens with zero attached hydrogens (tertiary/aromatic N) is 2. The number of aromatic amines is 1.